The molecular formula is C23H28FN7O4. The number of pyridine rings is 1. The van der Waals surface area contributed by atoms with Crippen LogP contribution in [0.1, 0.15) is 67.3 Å². The van der Waals surface area contributed by atoms with Gasteiger partial charge in [0.1, 0.15) is 17.6 Å². The Balaban J connectivity index is 1.51. The first kappa shape index (κ1) is 24.3. The smallest absolute Gasteiger partial charge is 0.276 e. The molecule has 3 N–H and O–H groups in total. The molecule has 2 amide bonds. The topological polar surface area (TPSA) is 148 Å². The molecule has 0 aliphatic heterocycles. The third-order valence-electron chi connectivity index (χ3n) is 6.58. The molecular weight excluding hydrogens is 457 g/mol. The summed E-state index contributed by atoms with van der Waals surface area (Å²) in [5.74, 6) is -0.960. The Morgan fingerprint density at radius 3 is 2.69 bits per heavy atom. The van der Waals surface area contributed by atoms with Crippen molar-refractivity contribution in [3.63, 3.8) is 0 Å². The van der Waals surface area contributed by atoms with E-state index < -0.39 is 29.4 Å². The van der Waals surface area contributed by atoms with Crippen molar-refractivity contribution in [1.82, 2.24) is 30.4 Å². The highest BCUT2D eigenvalue weighted by Gasteiger charge is 2.34. The molecule has 0 saturated heterocycles. The molecule has 3 aromatic rings. The number of rotatable bonds is 7. The van der Waals surface area contributed by atoms with Crippen molar-refractivity contribution in [2.45, 2.75) is 58.5 Å². The van der Waals surface area contributed by atoms with Crippen molar-refractivity contribution in [3.8, 4) is 0 Å². The number of halogens is 1. The van der Waals surface area contributed by atoms with E-state index in [0.29, 0.717) is 17.3 Å². The minimum absolute atomic E-state index is 0.0361. The molecule has 0 spiro atoms. The fraction of sp³-hybridized carbons (Fsp3) is 0.478. The monoisotopic (exact) mass is 485 g/mol. The van der Waals surface area contributed by atoms with Crippen molar-refractivity contribution in [3.05, 3.63) is 57.8 Å². The van der Waals surface area contributed by atoms with Crippen LogP contribution in [-0.4, -0.2) is 42.9 Å². The van der Waals surface area contributed by atoms with E-state index in [1.54, 1.807) is 20.0 Å². The van der Waals surface area contributed by atoms with Gasteiger partial charge >= 0.3 is 0 Å². The molecule has 0 aromatic carbocycles. The maximum absolute atomic E-state index is 13.6. The third-order valence-corrected chi connectivity index (χ3v) is 6.58. The van der Waals surface area contributed by atoms with E-state index in [1.807, 2.05) is 0 Å². The maximum atomic E-state index is 13.6. The van der Waals surface area contributed by atoms with Gasteiger partial charge in [0.25, 0.3) is 11.5 Å². The van der Waals surface area contributed by atoms with Crippen LogP contribution in [0, 0.1) is 24.6 Å². The molecule has 2 atom stereocenters. The van der Waals surface area contributed by atoms with Gasteiger partial charge in [0.15, 0.2) is 5.69 Å². The Bertz CT molecular complexity index is 1260. The number of nitrogens with zero attached hydrogens (tertiary/aromatic N) is 4. The Kier molecular flexibility index (Phi) is 7.08. The zero-order chi connectivity index (χ0) is 25.1. The summed E-state index contributed by atoms with van der Waals surface area (Å²) in [5, 5.41) is 17.1. The minimum atomic E-state index is -0.794. The molecule has 1 saturated carbocycles. The minimum Gasteiger partial charge on any atom is -0.338 e. The second-order valence-electron chi connectivity index (χ2n) is 9.15. The molecule has 0 radical (unpaired) electrons. The van der Waals surface area contributed by atoms with E-state index in [0.717, 1.165) is 37.9 Å². The lowest BCUT2D eigenvalue weighted by Crippen LogP contribution is -2.49. The molecule has 12 heteroatoms. The Hall–Kier alpha value is -3.83. The van der Waals surface area contributed by atoms with Gasteiger partial charge in [-0.2, -0.15) is 5.10 Å². The van der Waals surface area contributed by atoms with Crippen LogP contribution in [0.2, 0.25) is 0 Å². The second kappa shape index (κ2) is 10.2. The molecule has 1 fully saturated rings. The average Bonchev–Trinajstić information content (AvgIpc) is 3.48. The maximum Gasteiger partial charge on any atom is 0.276 e. The number of carbonyl (C=O) groups excluding carboxylic acids is 2. The molecule has 1 aliphatic carbocycles. The number of amides is 2. The Morgan fingerprint density at radius 2 is 2.00 bits per heavy atom. The molecule has 4 rings (SSSR count). The van der Waals surface area contributed by atoms with E-state index in [9.17, 15) is 18.8 Å². The lowest BCUT2D eigenvalue weighted by Gasteiger charge is -2.32. The van der Waals surface area contributed by atoms with Gasteiger partial charge in [-0.15, -0.1) is 0 Å². The molecule has 0 unspecified atom stereocenters. The highest BCUT2D eigenvalue weighted by Crippen LogP contribution is 2.31. The SMILES string of the molecule is Cc1nonc1C(=O)N[C@H](C(=O)Nc1cnn([C@@H](C)c2cc(F)c[nH]c2=O)c1)C1CCC(C)CC1. The van der Waals surface area contributed by atoms with E-state index in [-0.39, 0.29) is 23.1 Å². The molecule has 3 aromatic heterocycles. The van der Waals surface area contributed by atoms with Crippen LogP contribution in [0.3, 0.4) is 0 Å². The summed E-state index contributed by atoms with van der Waals surface area (Å²) in [6.07, 6.45) is 7.52. The van der Waals surface area contributed by atoms with E-state index in [4.69, 9.17) is 0 Å². The fourth-order valence-electron chi connectivity index (χ4n) is 4.42. The zero-order valence-electron chi connectivity index (χ0n) is 19.7. The molecule has 1 aliphatic rings. The summed E-state index contributed by atoms with van der Waals surface area (Å²) in [7, 11) is 0. The Morgan fingerprint density at radius 1 is 1.26 bits per heavy atom. The summed E-state index contributed by atoms with van der Waals surface area (Å²) in [4.78, 5) is 40.5. The van der Waals surface area contributed by atoms with Crippen molar-refractivity contribution in [2.24, 2.45) is 11.8 Å². The van der Waals surface area contributed by atoms with Crippen molar-refractivity contribution >= 4 is 17.5 Å². The van der Waals surface area contributed by atoms with Gasteiger partial charge < -0.3 is 15.6 Å². The summed E-state index contributed by atoms with van der Waals surface area (Å²) in [6.45, 7) is 5.47. The normalized spacial score (nSPS) is 19.7. The van der Waals surface area contributed by atoms with Gasteiger partial charge in [0.05, 0.1) is 17.9 Å². The molecule has 11 nitrogen and oxygen atoms in total. The number of aryl methyl sites for hydroxylation is 1. The quantitative estimate of drug-likeness (QED) is 0.466. The number of anilines is 1. The fourth-order valence-corrected chi connectivity index (χ4v) is 4.42. The largest absolute Gasteiger partial charge is 0.338 e. The predicted octanol–water partition coefficient (Wildman–Crippen LogP) is 2.57. The van der Waals surface area contributed by atoms with E-state index in [2.05, 4.69) is 42.6 Å². The number of nitrogens with one attached hydrogen (secondary N) is 3. The lowest BCUT2D eigenvalue weighted by atomic mass is 9.79. The highest BCUT2D eigenvalue weighted by atomic mass is 19.1. The van der Waals surface area contributed by atoms with Crippen LogP contribution in [-0.2, 0) is 4.79 Å². The number of aromatic amines is 1. The summed E-state index contributed by atoms with van der Waals surface area (Å²) in [5.41, 5.74) is 0.531. The third kappa shape index (κ3) is 5.47. The van der Waals surface area contributed by atoms with Gasteiger partial charge in [-0.1, -0.05) is 24.9 Å². The van der Waals surface area contributed by atoms with Crippen LogP contribution in [0.15, 0.2) is 34.1 Å². The molecule has 35 heavy (non-hydrogen) atoms. The summed E-state index contributed by atoms with van der Waals surface area (Å²) in [6, 6.07) is -0.212. The first-order chi connectivity index (χ1) is 16.7. The van der Waals surface area contributed by atoms with Gasteiger partial charge in [-0.25, -0.2) is 9.02 Å². The number of hydrogen-bond acceptors (Lipinski definition) is 7. The van der Waals surface area contributed by atoms with Crippen LogP contribution in [0.4, 0.5) is 10.1 Å². The zero-order valence-corrected chi connectivity index (χ0v) is 19.7. The van der Waals surface area contributed by atoms with Gasteiger partial charge in [0, 0.05) is 18.0 Å². The van der Waals surface area contributed by atoms with Gasteiger partial charge in [-0.3, -0.25) is 19.1 Å². The van der Waals surface area contributed by atoms with Crippen LogP contribution in [0.25, 0.3) is 0 Å². The van der Waals surface area contributed by atoms with Crippen LogP contribution >= 0.6 is 0 Å². The highest BCUT2D eigenvalue weighted by molar-refractivity contribution is 6.00. The number of H-pyrrole nitrogens is 1. The van der Waals surface area contributed by atoms with Gasteiger partial charge in [-0.05, 0) is 49.7 Å². The van der Waals surface area contributed by atoms with Crippen molar-refractivity contribution in [2.75, 3.05) is 5.32 Å². The van der Waals surface area contributed by atoms with Gasteiger partial charge in [0.2, 0.25) is 5.91 Å². The lowest BCUT2D eigenvalue weighted by molar-refractivity contribution is -0.119. The molecule has 3 heterocycles. The first-order valence-corrected chi connectivity index (χ1v) is 11.6. The van der Waals surface area contributed by atoms with E-state index in [1.165, 1.54) is 10.9 Å². The predicted molar refractivity (Wildman–Crippen MR) is 123 cm³/mol. The molecule has 0 bridgehead atoms. The Labute approximate surface area is 200 Å². The first-order valence-electron chi connectivity index (χ1n) is 11.6. The van der Waals surface area contributed by atoms with E-state index >= 15 is 0 Å². The summed E-state index contributed by atoms with van der Waals surface area (Å²) >= 11 is 0. The number of carbonyl (C=O) groups is 2. The van der Waals surface area contributed by atoms with Crippen molar-refractivity contribution in [1.29, 1.82) is 0 Å². The second-order valence-corrected chi connectivity index (χ2v) is 9.15. The standard InChI is InChI=1S/C23H28FN7O4/c1-12-4-6-15(7-5-12)20(28-22(33)19-13(2)29-35-30-19)23(34)27-17-10-26-31(11-17)14(3)18-8-16(24)9-25-21(18)32/h8-12,14-15,20H,4-7H2,1-3H3,(H,25,32)(H,27,34)(H,28,33)/t12?,14-,15?,20-/m0/s1. The van der Waals surface area contributed by atoms with Crippen LogP contribution < -0.4 is 16.2 Å². The average molecular weight is 486 g/mol. The van der Waals surface area contributed by atoms with Crippen molar-refractivity contribution < 1.29 is 18.6 Å². The number of hydrogen-bond donors (Lipinski definition) is 3. The molecule has 186 valence electrons. The van der Waals surface area contributed by atoms with Crippen LogP contribution in [0.5, 0.6) is 0 Å². The summed E-state index contributed by atoms with van der Waals surface area (Å²) < 4.78 is 19.7. The number of aromatic nitrogens is 5.